The Morgan fingerprint density at radius 1 is 1.08 bits per heavy atom. The summed E-state index contributed by atoms with van der Waals surface area (Å²) in [5.41, 5.74) is 2.08. The van der Waals surface area contributed by atoms with Gasteiger partial charge < -0.3 is 8.98 Å². The van der Waals surface area contributed by atoms with Gasteiger partial charge in [0.15, 0.2) is 0 Å². The zero-order valence-corrected chi connectivity index (χ0v) is 14.1. The van der Waals surface area contributed by atoms with Crippen LogP contribution in [0.2, 0.25) is 0 Å². The molecule has 1 atom stereocenters. The van der Waals surface area contributed by atoms with Crippen LogP contribution in [0.25, 0.3) is 0 Å². The average Bonchev–Trinajstić information content (AvgIpc) is 3.24. The lowest BCUT2D eigenvalue weighted by Gasteiger charge is -2.30. The summed E-state index contributed by atoms with van der Waals surface area (Å²) in [6.07, 6.45) is 1.90. The number of hydrogen-bond donors (Lipinski definition) is 0. The van der Waals surface area contributed by atoms with Gasteiger partial charge in [-0.2, -0.15) is 13.2 Å². The normalized spacial score (nSPS) is 18.5. The fourth-order valence-corrected chi connectivity index (χ4v) is 3.69. The molecule has 3 nitrogen and oxygen atoms in total. The van der Waals surface area contributed by atoms with Gasteiger partial charge in [0.25, 0.3) is 0 Å². The van der Waals surface area contributed by atoms with Crippen molar-refractivity contribution in [3.05, 3.63) is 83.6 Å². The van der Waals surface area contributed by atoms with E-state index in [1.54, 1.807) is 18.6 Å². The molecule has 1 unspecified atom stereocenters. The number of aryl methyl sites for hydroxylation is 1. The van der Waals surface area contributed by atoms with E-state index < -0.39 is 11.7 Å². The minimum absolute atomic E-state index is 0.232. The van der Waals surface area contributed by atoms with Gasteiger partial charge in [-0.05, 0) is 42.3 Å². The van der Waals surface area contributed by atoms with E-state index in [4.69, 9.17) is 4.42 Å². The zero-order chi connectivity index (χ0) is 18.1. The van der Waals surface area contributed by atoms with Crippen LogP contribution in [0.5, 0.6) is 0 Å². The molecule has 3 aromatic rings. The summed E-state index contributed by atoms with van der Waals surface area (Å²) in [7, 11) is 0. The quantitative estimate of drug-likeness (QED) is 0.648. The fourth-order valence-electron chi connectivity index (χ4n) is 3.69. The number of rotatable bonds is 3. The number of benzene rings is 1. The Morgan fingerprint density at radius 3 is 2.73 bits per heavy atom. The van der Waals surface area contributed by atoms with Gasteiger partial charge in [-0.15, -0.1) is 0 Å². The topological polar surface area (TPSA) is 21.3 Å². The van der Waals surface area contributed by atoms with Gasteiger partial charge in [0.2, 0.25) is 0 Å². The maximum Gasteiger partial charge on any atom is 0.416 e. The molecule has 0 saturated heterocycles. The molecule has 0 radical (unpaired) electrons. The first kappa shape index (κ1) is 17.0. The molecule has 1 aliphatic heterocycles. The first-order chi connectivity index (χ1) is 12.5. The molecule has 0 amide bonds. The molecule has 26 heavy (non-hydrogen) atoms. The smallest absolute Gasteiger partial charge is 0.416 e. The maximum absolute atomic E-state index is 13.2. The Morgan fingerprint density at radius 2 is 1.96 bits per heavy atom. The third-order valence-electron chi connectivity index (χ3n) is 4.85. The van der Waals surface area contributed by atoms with Crippen molar-refractivity contribution in [1.29, 1.82) is 0 Å². The standard InChI is InChI=1S/C20H19F3N2O/c21-20(22,23)17-5-1-4-16(12-17)19-18-6-2-8-24(18)9-3-10-25(19)13-15-7-11-26-14-15/h1-2,4-8,11-12,14,19H,3,9-10,13H2. The predicted octanol–water partition coefficient (Wildman–Crippen LogP) is 5.10. The predicted molar refractivity (Wildman–Crippen MR) is 91.5 cm³/mol. The van der Waals surface area contributed by atoms with Gasteiger partial charge in [0.1, 0.15) is 0 Å². The van der Waals surface area contributed by atoms with Crippen molar-refractivity contribution >= 4 is 0 Å². The highest BCUT2D eigenvalue weighted by Gasteiger charge is 2.33. The molecule has 3 heterocycles. The Kier molecular flexibility index (Phi) is 4.36. The van der Waals surface area contributed by atoms with Crippen molar-refractivity contribution in [2.45, 2.75) is 31.7 Å². The van der Waals surface area contributed by atoms with Crippen LogP contribution in [0.4, 0.5) is 13.2 Å². The monoisotopic (exact) mass is 360 g/mol. The molecule has 0 spiro atoms. The van der Waals surface area contributed by atoms with E-state index in [1.165, 1.54) is 12.1 Å². The molecule has 136 valence electrons. The highest BCUT2D eigenvalue weighted by molar-refractivity contribution is 5.34. The molecule has 0 fully saturated rings. The second-order valence-corrected chi connectivity index (χ2v) is 6.61. The summed E-state index contributed by atoms with van der Waals surface area (Å²) in [6, 6.07) is 11.3. The minimum atomic E-state index is -4.35. The second-order valence-electron chi connectivity index (χ2n) is 6.61. The van der Waals surface area contributed by atoms with Crippen LogP contribution >= 0.6 is 0 Å². The number of furan rings is 1. The molecule has 1 aromatic carbocycles. The van der Waals surface area contributed by atoms with E-state index in [1.807, 2.05) is 24.4 Å². The number of hydrogen-bond acceptors (Lipinski definition) is 2. The first-order valence-electron chi connectivity index (χ1n) is 8.60. The summed E-state index contributed by atoms with van der Waals surface area (Å²) in [5, 5.41) is 0. The van der Waals surface area contributed by atoms with E-state index in [0.717, 1.165) is 36.8 Å². The summed E-state index contributed by atoms with van der Waals surface area (Å²) in [6.45, 7) is 2.29. The first-order valence-corrected chi connectivity index (χ1v) is 8.60. The van der Waals surface area contributed by atoms with Crippen LogP contribution < -0.4 is 0 Å². The van der Waals surface area contributed by atoms with Gasteiger partial charge in [-0.1, -0.05) is 12.1 Å². The van der Waals surface area contributed by atoms with Crippen molar-refractivity contribution in [1.82, 2.24) is 9.47 Å². The third-order valence-corrected chi connectivity index (χ3v) is 4.85. The molecule has 0 bridgehead atoms. The van der Waals surface area contributed by atoms with E-state index in [9.17, 15) is 13.2 Å². The molecule has 0 saturated carbocycles. The minimum Gasteiger partial charge on any atom is -0.472 e. The third kappa shape index (κ3) is 3.29. The number of nitrogens with zero attached hydrogens (tertiary/aromatic N) is 2. The molecule has 4 rings (SSSR count). The van der Waals surface area contributed by atoms with E-state index >= 15 is 0 Å². The molecular weight excluding hydrogens is 341 g/mol. The SMILES string of the molecule is FC(F)(F)c1cccc(C2c3cccn3CCCN2Cc2ccoc2)c1. The molecule has 6 heteroatoms. The molecule has 0 aliphatic carbocycles. The largest absolute Gasteiger partial charge is 0.472 e. The molecule has 0 N–H and O–H groups in total. The summed E-state index contributed by atoms with van der Waals surface area (Å²) in [4.78, 5) is 2.22. The van der Waals surface area contributed by atoms with Gasteiger partial charge in [-0.25, -0.2) is 0 Å². The van der Waals surface area contributed by atoms with Crippen LogP contribution in [0.1, 0.15) is 34.8 Å². The molecular formula is C20H19F3N2O. The second kappa shape index (κ2) is 6.68. The average molecular weight is 360 g/mol. The summed E-state index contributed by atoms with van der Waals surface area (Å²) >= 11 is 0. The van der Waals surface area contributed by atoms with Crippen molar-refractivity contribution in [2.24, 2.45) is 0 Å². The Bertz CT molecular complexity index is 867. The van der Waals surface area contributed by atoms with Gasteiger partial charge in [0, 0.05) is 37.1 Å². The van der Waals surface area contributed by atoms with Crippen LogP contribution in [0, 0.1) is 0 Å². The number of fused-ring (bicyclic) bond motifs is 1. The lowest BCUT2D eigenvalue weighted by molar-refractivity contribution is -0.137. The van der Waals surface area contributed by atoms with E-state index in [0.29, 0.717) is 12.1 Å². The number of alkyl halides is 3. The Labute approximate surface area is 149 Å². The van der Waals surface area contributed by atoms with Crippen LogP contribution in [0.15, 0.2) is 65.6 Å². The number of halogens is 3. The van der Waals surface area contributed by atoms with Gasteiger partial charge in [0.05, 0.1) is 24.1 Å². The highest BCUT2D eigenvalue weighted by atomic mass is 19.4. The van der Waals surface area contributed by atoms with E-state index in [-0.39, 0.29) is 6.04 Å². The molecule has 2 aromatic heterocycles. The summed E-state index contributed by atoms with van der Waals surface area (Å²) < 4.78 is 47.0. The van der Waals surface area contributed by atoms with Gasteiger partial charge >= 0.3 is 6.18 Å². The van der Waals surface area contributed by atoms with Crippen molar-refractivity contribution in [3.8, 4) is 0 Å². The molecule has 1 aliphatic rings. The fraction of sp³-hybridized carbons (Fsp3) is 0.300. The van der Waals surface area contributed by atoms with Crippen molar-refractivity contribution in [3.63, 3.8) is 0 Å². The van der Waals surface area contributed by atoms with Gasteiger partial charge in [-0.3, -0.25) is 4.90 Å². The summed E-state index contributed by atoms with van der Waals surface area (Å²) in [5.74, 6) is 0. The number of aromatic nitrogens is 1. The zero-order valence-electron chi connectivity index (χ0n) is 14.1. The van der Waals surface area contributed by atoms with E-state index in [2.05, 4.69) is 9.47 Å². The lowest BCUT2D eigenvalue weighted by atomic mass is 9.99. The highest BCUT2D eigenvalue weighted by Crippen LogP contribution is 2.36. The Balaban J connectivity index is 1.78. The van der Waals surface area contributed by atoms with Crippen LogP contribution in [0.3, 0.4) is 0 Å². The van der Waals surface area contributed by atoms with Crippen molar-refractivity contribution in [2.75, 3.05) is 6.54 Å². The van der Waals surface area contributed by atoms with Crippen LogP contribution in [-0.4, -0.2) is 16.0 Å². The maximum atomic E-state index is 13.2. The van der Waals surface area contributed by atoms with Crippen molar-refractivity contribution < 1.29 is 17.6 Å². The lowest BCUT2D eigenvalue weighted by Crippen LogP contribution is -2.29. The van der Waals surface area contributed by atoms with Crippen LogP contribution in [-0.2, 0) is 19.3 Å². The Hall–Kier alpha value is -2.47.